The Morgan fingerprint density at radius 3 is 2.14 bits per heavy atom. The number of carbonyl (C=O) groups is 6. The molecule has 4 aliphatic heterocycles. The van der Waals surface area contributed by atoms with E-state index in [-0.39, 0.29) is 73.3 Å². The number of ketones is 2. The van der Waals surface area contributed by atoms with E-state index in [9.17, 15) is 28.8 Å². The van der Waals surface area contributed by atoms with Crippen molar-refractivity contribution in [1.82, 2.24) is 5.32 Å². The van der Waals surface area contributed by atoms with Crippen LogP contribution in [0.25, 0.3) is 0 Å². The summed E-state index contributed by atoms with van der Waals surface area (Å²) >= 11 is 0. The fraction of sp³-hybridized carbons (Fsp3) is 0.373. The summed E-state index contributed by atoms with van der Waals surface area (Å²) in [5.74, 6) is -0.218. The number of para-hydroxylation sites is 2. The van der Waals surface area contributed by atoms with Gasteiger partial charge < -0.3 is 39.2 Å². The van der Waals surface area contributed by atoms with Crippen LogP contribution in [0.15, 0.2) is 91.0 Å². The minimum Gasteiger partial charge on any atom is -0.493 e. The molecule has 0 fully saturated rings. The number of Topliss-reactive ketones (excluding diaryl/α,β-unsaturated/α-hetero) is 2. The molecule has 14 heteroatoms. The van der Waals surface area contributed by atoms with Crippen LogP contribution in [0, 0.1) is 12.8 Å². The first-order valence-electron chi connectivity index (χ1n) is 25.4. The number of rotatable bonds is 19. The van der Waals surface area contributed by atoms with Crippen LogP contribution in [0.3, 0.4) is 0 Å². The zero-order valence-electron chi connectivity index (χ0n) is 42.5. The Bertz CT molecular complexity index is 3050. The third kappa shape index (κ3) is 10.8. The highest BCUT2D eigenvalue weighted by molar-refractivity contribution is 6.13. The minimum atomic E-state index is -0.792. The first kappa shape index (κ1) is 50.3. The van der Waals surface area contributed by atoms with Crippen LogP contribution >= 0.6 is 0 Å². The van der Waals surface area contributed by atoms with Gasteiger partial charge in [0.25, 0.3) is 5.91 Å². The van der Waals surface area contributed by atoms with Gasteiger partial charge >= 0.3 is 0 Å². The highest BCUT2D eigenvalue weighted by Crippen LogP contribution is 2.42. The van der Waals surface area contributed by atoms with Gasteiger partial charge in [-0.15, -0.1) is 0 Å². The van der Waals surface area contributed by atoms with Crippen molar-refractivity contribution in [1.29, 1.82) is 0 Å². The van der Waals surface area contributed by atoms with E-state index in [1.807, 2.05) is 114 Å². The smallest absolute Gasteiger partial charge is 0.258 e. The molecule has 9 rings (SSSR count). The molecule has 4 aliphatic rings. The molecule has 0 spiro atoms. The molecular weight excluding hydrogens is 923 g/mol. The Morgan fingerprint density at radius 1 is 0.767 bits per heavy atom. The number of hydrogen-bond acceptors (Lipinski definition) is 9. The van der Waals surface area contributed by atoms with Gasteiger partial charge in [0.15, 0.2) is 17.3 Å². The SMILES string of the molecule is CCC(=O)CCCCC(=O)N[C@@H](C)C(=O)C[C@@H](C)C(=O)Nc1cc(COc2cc3c(cc2C)C(=O)N2c4ccccc4C[C@H]2[C-]=[N+]3C)cc(COc2cc3c(cc2OC)C(=O)N2c4ccccc4C[C@H]2CC3)c1. The summed E-state index contributed by atoms with van der Waals surface area (Å²) in [6, 6.07) is 28.0. The summed E-state index contributed by atoms with van der Waals surface area (Å²) in [5, 5.41) is 5.75. The van der Waals surface area contributed by atoms with E-state index in [1.165, 1.54) is 5.56 Å². The summed E-state index contributed by atoms with van der Waals surface area (Å²) in [6.45, 7) is 7.16. The van der Waals surface area contributed by atoms with Crippen LogP contribution in [0.5, 0.6) is 17.2 Å². The van der Waals surface area contributed by atoms with Gasteiger partial charge in [-0.1, -0.05) is 56.3 Å². The molecule has 0 unspecified atom stereocenters. The second-order valence-electron chi connectivity index (χ2n) is 19.8. The number of fused-ring (bicyclic) bond motifs is 8. The second-order valence-corrected chi connectivity index (χ2v) is 19.8. The molecule has 5 aromatic carbocycles. The third-order valence-corrected chi connectivity index (χ3v) is 14.5. The standard InChI is InChI=1S/C59H63N5O9/c1-7-46(65)16-10-13-19-56(67)60-37(4)52(66)23-36(3)57(68)61-43-25-38(33-72-53-31-51-48(22-35(53)2)59(70)64-45(32-62(51)5)28-42-15-9-12-18-50(42)64)24-39(26-43)34-73-55-29-40-20-21-44-27-41-14-8-11-17-49(41)63(44)58(69)47(40)30-54(55)71-6/h8-9,11-12,14-15,17-18,22,24-26,29-31,36-37,44-45H,7,10,13,16,19-21,23,27-28,33-34H2,1-6H3,(H,60,67)(H,61,68)/t36-,37+,44-,45+/m1/s1. The molecule has 14 nitrogen and oxygen atoms in total. The molecule has 4 heterocycles. The molecule has 0 aliphatic carbocycles. The number of unbranched alkanes of at least 4 members (excludes halogenated alkanes) is 1. The summed E-state index contributed by atoms with van der Waals surface area (Å²) in [7, 11) is 3.44. The maximum Gasteiger partial charge on any atom is 0.258 e. The van der Waals surface area contributed by atoms with E-state index in [2.05, 4.69) is 22.9 Å². The van der Waals surface area contributed by atoms with E-state index in [1.54, 1.807) is 27.0 Å². The lowest BCUT2D eigenvalue weighted by molar-refractivity contribution is -0.401. The topological polar surface area (TPSA) is 164 Å². The Balaban J connectivity index is 0.931. The van der Waals surface area contributed by atoms with Crippen molar-refractivity contribution in [2.45, 2.75) is 123 Å². The van der Waals surface area contributed by atoms with Gasteiger partial charge in [-0.3, -0.25) is 28.8 Å². The maximum absolute atomic E-state index is 14.2. The van der Waals surface area contributed by atoms with Crippen molar-refractivity contribution in [2.75, 3.05) is 29.3 Å². The molecule has 73 heavy (non-hydrogen) atoms. The number of ether oxygens (including phenoxy) is 3. The molecule has 4 amide bonds. The Hall–Kier alpha value is -7.61. The molecule has 0 saturated carbocycles. The molecule has 5 aromatic rings. The lowest BCUT2D eigenvalue weighted by atomic mass is 9.99. The van der Waals surface area contributed by atoms with Gasteiger partial charge in [0, 0.05) is 78.1 Å². The van der Waals surface area contributed by atoms with Crippen molar-refractivity contribution < 1.29 is 47.6 Å². The second kappa shape index (κ2) is 21.6. The van der Waals surface area contributed by atoms with Gasteiger partial charge in [0.05, 0.1) is 18.8 Å². The van der Waals surface area contributed by atoms with Crippen LogP contribution in [0.4, 0.5) is 22.7 Å². The summed E-state index contributed by atoms with van der Waals surface area (Å²) in [4.78, 5) is 83.4. The van der Waals surface area contributed by atoms with Gasteiger partial charge in [0.2, 0.25) is 17.7 Å². The Labute approximate surface area is 426 Å². The number of aryl methyl sites for hydroxylation is 2. The van der Waals surface area contributed by atoms with E-state index in [0.29, 0.717) is 89.4 Å². The van der Waals surface area contributed by atoms with Crippen LogP contribution in [0.1, 0.15) is 120 Å². The zero-order valence-corrected chi connectivity index (χ0v) is 42.5. The molecular formula is C59H63N5O9. The van der Waals surface area contributed by atoms with Crippen molar-refractivity contribution in [2.24, 2.45) is 5.92 Å². The Kier molecular flexibility index (Phi) is 14.9. The van der Waals surface area contributed by atoms with Gasteiger partial charge in [-0.2, -0.15) is 0 Å². The van der Waals surface area contributed by atoms with E-state index >= 15 is 0 Å². The van der Waals surface area contributed by atoms with Crippen LogP contribution < -0.4 is 34.6 Å². The van der Waals surface area contributed by atoms with Gasteiger partial charge in [-0.05, 0) is 134 Å². The molecule has 378 valence electrons. The highest BCUT2D eigenvalue weighted by atomic mass is 16.5. The summed E-state index contributed by atoms with van der Waals surface area (Å²) < 4.78 is 20.8. The van der Waals surface area contributed by atoms with E-state index in [4.69, 9.17) is 14.2 Å². The molecule has 4 atom stereocenters. The monoisotopic (exact) mass is 985 g/mol. The van der Waals surface area contributed by atoms with Gasteiger partial charge in [0.1, 0.15) is 31.8 Å². The predicted octanol–water partition coefficient (Wildman–Crippen LogP) is 9.06. The number of nitrogens with zero attached hydrogens (tertiary/aromatic N) is 3. The molecule has 0 saturated heterocycles. The lowest BCUT2D eigenvalue weighted by Gasteiger charge is -2.23. The normalized spacial score (nSPS) is 17.0. The number of hydrogen-bond donors (Lipinski definition) is 2. The number of methoxy groups -OCH3 is 1. The number of amides is 4. The fourth-order valence-corrected chi connectivity index (χ4v) is 10.5. The van der Waals surface area contributed by atoms with Crippen molar-refractivity contribution >= 4 is 64.2 Å². The molecule has 0 aromatic heterocycles. The summed E-state index contributed by atoms with van der Waals surface area (Å²) in [5.41, 5.74) is 9.44. The first-order valence-corrected chi connectivity index (χ1v) is 25.4. The molecule has 0 radical (unpaired) electrons. The maximum atomic E-state index is 14.2. The van der Waals surface area contributed by atoms with Crippen LogP contribution in [-0.4, -0.2) is 78.3 Å². The number of benzene rings is 5. The predicted molar refractivity (Wildman–Crippen MR) is 279 cm³/mol. The molecule has 2 N–H and O–H groups in total. The number of carbonyl (C=O) groups excluding carboxylic acids is 6. The van der Waals surface area contributed by atoms with Crippen LogP contribution in [0.2, 0.25) is 0 Å². The lowest BCUT2D eigenvalue weighted by Crippen LogP contribution is -2.39. The number of anilines is 3. The van der Waals surface area contributed by atoms with Crippen LogP contribution in [-0.2, 0) is 51.7 Å². The fourth-order valence-electron chi connectivity index (χ4n) is 10.5. The number of nitrogens with one attached hydrogen (secondary N) is 2. The van der Waals surface area contributed by atoms with Crippen molar-refractivity contribution in [3.05, 3.63) is 136 Å². The quantitative estimate of drug-likeness (QED) is 0.0467. The Morgan fingerprint density at radius 2 is 1.42 bits per heavy atom. The highest BCUT2D eigenvalue weighted by Gasteiger charge is 2.38. The molecule has 0 bridgehead atoms. The average molecular weight is 986 g/mol. The zero-order chi connectivity index (χ0) is 51.5. The van der Waals surface area contributed by atoms with Gasteiger partial charge in [-0.25, -0.2) is 0 Å². The first-order chi connectivity index (χ1) is 35.2. The summed E-state index contributed by atoms with van der Waals surface area (Å²) in [6.07, 6.45) is 8.63. The average Bonchev–Trinajstić information content (AvgIpc) is 3.88. The van der Waals surface area contributed by atoms with E-state index in [0.717, 1.165) is 40.9 Å². The van der Waals surface area contributed by atoms with E-state index < -0.39 is 12.0 Å². The van der Waals surface area contributed by atoms with Crippen molar-refractivity contribution in [3.63, 3.8) is 0 Å². The minimum absolute atomic E-state index is 0.0614. The van der Waals surface area contributed by atoms with Crippen molar-refractivity contribution in [3.8, 4) is 17.2 Å². The largest absolute Gasteiger partial charge is 0.493 e. The third-order valence-electron chi connectivity index (χ3n) is 14.5.